The van der Waals surface area contributed by atoms with Crippen LogP contribution < -0.4 is 9.62 Å². The number of fused-ring (bicyclic) bond motifs is 1. The van der Waals surface area contributed by atoms with Crippen LogP contribution in [-0.4, -0.2) is 87.6 Å². The average Bonchev–Trinajstić information content (AvgIpc) is 3.29. The van der Waals surface area contributed by atoms with Gasteiger partial charge in [-0.15, -0.1) is 0 Å². The highest BCUT2D eigenvalue weighted by atomic mass is 32.2. The zero-order chi connectivity index (χ0) is 28.7. The fourth-order valence-electron chi connectivity index (χ4n) is 4.74. The van der Waals surface area contributed by atoms with Gasteiger partial charge in [0.25, 0.3) is 6.43 Å². The first-order chi connectivity index (χ1) is 18.9. The fourth-order valence-corrected chi connectivity index (χ4v) is 6.20. The van der Waals surface area contributed by atoms with E-state index in [0.29, 0.717) is 29.4 Å². The van der Waals surface area contributed by atoms with Crippen molar-refractivity contribution in [3.05, 3.63) is 36.4 Å². The Morgan fingerprint density at radius 2 is 1.95 bits per heavy atom. The number of nitrogens with one attached hydrogen (secondary N) is 1. The van der Waals surface area contributed by atoms with Crippen LogP contribution in [0.4, 0.5) is 19.4 Å². The van der Waals surface area contributed by atoms with Gasteiger partial charge in [-0.2, -0.15) is 5.10 Å². The number of hydrogen-bond donors (Lipinski definition) is 1. The maximum absolute atomic E-state index is 13.2. The van der Waals surface area contributed by atoms with E-state index in [1.165, 1.54) is 34.1 Å². The summed E-state index contributed by atoms with van der Waals surface area (Å²) in [4.78, 5) is 28.5. The highest BCUT2D eigenvalue weighted by Gasteiger charge is 2.41. The third-order valence-corrected chi connectivity index (χ3v) is 8.62. The summed E-state index contributed by atoms with van der Waals surface area (Å²) in [5.74, 6) is 0.694. The van der Waals surface area contributed by atoms with Crippen molar-refractivity contribution in [3.63, 3.8) is 0 Å². The first-order valence-corrected chi connectivity index (χ1v) is 14.6. The quantitative estimate of drug-likeness (QED) is 0.449. The monoisotopic (exact) mass is 578 g/mol. The number of hydrogen-bond acceptors (Lipinski definition) is 9. The number of piperidine rings is 1. The number of likely N-dealkylation sites (tertiary alicyclic amines) is 1. The summed E-state index contributed by atoms with van der Waals surface area (Å²) in [5.41, 5.74) is 0.368. The maximum atomic E-state index is 13.2. The number of ether oxygens (including phenoxy) is 1. The Kier molecular flexibility index (Phi) is 7.61. The van der Waals surface area contributed by atoms with Gasteiger partial charge in [-0.1, -0.05) is 0 Å². The maximum Gasteiger partial charge on any atom is 0.410 e. The van der Waals surface area contributed by atoms with Gasteiger partial charge < -0.3 is 14.5 Å². The SMILES string of the molecule is CC(C)(C)OC(=O)N1CC(S(=O)(=O)NCC2CCCN(c3cc(-c4cnc5ccc(C(F)F)nn45)ncn3)C2)C1. The van der Waals surface area contributed by atoms with Crippen LogP contribution in [0.2, 0.25) is 0 Å². The van der Waals surface area contributed by atoms with E-state index in [0.717, 1.165) is 19.4 Å². The number of rotatable bonds is 7. The molecular weight excluding hydrogens is 546 g/mol. The highest BCUT2D eigenvalue weighted by Crippen LogP contribution is 2.27. The third kappa shape index (κ3) is 6.14. The van der Waals surface area contributed by atoms with Gasteiger partial charge in [0.05, 0.1) is 11.9 Å². The molecule has 1 unspecified atom stereocenters. The number of carbonyl (C=O) groups excluding carboxylic acids is 1. The molecule has 12 nitrogen and oxygen atoms in total. The minimum Gasteiger partial charge on any atom is -0.444 e. The molecule has 2 aliphatic heterocycles. The number of alkyl halides is 2. The molecule has 216 valence electrons. The molecule has 2 saturated heterocycles. The van der Waals surface area contributed by atoms with E-state index in [2.05, 4.69) is 29.7 Å². The first kappa shape index (κ1) is 28.1. The molecule has 0 aliphatic carbocycles. The van der Waals surface area contributed by atoms with Crippen molar-refractivity contribution in [2.75, 3.05) is 37.6 Å². The van der Waals surface area contributed by atoms with Crippen molar-refractivity contribution < 1.29 is 26.7 Å². The Balaban J connectivity index is 1.20. The Labute approximate surface area is 230 Å². The van der Waals surface area contributed by atoms with Gasteiger partial charge in [0.15, 0.2) is 5.65 Å². The van der Waals surface area contributed by atoms with Gasteiger partial charge in [-0.25, -0.2) is 46.2 Å². The minimum atomic E-state index is -3.60. The topological polar surface area (TPSA) is 135 Å². The number of halogens is 2. The minimum absolute atomic E-state index is 0.0510. The second-order valence-corrected chi connectivity index (χ2v) is 13.1. The Bertz CT molecular complexity index is 1490. The van der Waals surface area contributed by atoms with E-state index in [9.17, 15) is 22.0 Å². The molecule has 1 atom stereocenters. The molecule has 5 heterocycles. The number of sulfonamides is 1. The molecule has 1 N–H and O–H groups in total. The third-order valence-electron chi connectivity index (χ3n) is 6.88. The second kappa shape index (κ2) is 10.8. The zero-order valence-electron chi connectivity index (χ0n) is 22.5. The van der Waals surface area contributed by atoms with Crippen LogP contribution in [0.25, 0.3) is 17.0 Å². The largest absolute Gasteiger partial charge is 0.444 e. The normalized spacial score (nSPS) is 18.8. The van der Waals surface area contributed by atoms with Crippen molar-refractivity contribution >= 4 is 27.6 Å². The van der Waals surface area contributed by atoms with Crippen LogP contribution in [0.15, 0.2) is 30.7 Å². The number of nitrogens with zero attached hydrogens (tertiary/aromatic N) is 7. The van der Waals surface area contributed by atoms with Crippen LogP contribution >= 0.6 is 0 Å². The summed E-state index contributed by atoms with van der Waals surface area (Å²) >= 11 is 0. The molecule has 0 aromatic carbocycles. The first-order valence-electron chi connectivity index (χ1n) is 13.1. The molecule has 2 fully saturated rings. The smallest absolute Gasteiger partial charge is 0.410 e. The van der Waals surface area contributed by atoms with E-state index in [-0.39, 0.29) is 31.2 Å². The summed E-state index contributed by atoms with van der Waals surface area (Å²) in [7, 11) is -3.60. The molecule has 3 aromatic heterocycles. The number of aromatic nitrogens is 5. The lowest BCUT2D eigenvalue weighted by atomic mass is 9.98. The molecule has 3 aromatic rings. The standard InChI is InChI=1S/C25H32F2N8O4S/c1-25(2,3)39-24(36)34-13-17(14-34)40(37,38)31-10-16-5-4-8-33(12-16)22-9-19(29-15-30-22)20-11-28-21-7-6-18(23(26)27)32-35(20)21/h6-7,9,11,15-17,23,31H,4-5,8,10,12-14H2,1-3H3. The van der Waals surface area contributed by atoms with E-state index >= 15 is 0 Å². The molecule has 0 saturated carbocycles. The summed E-state index contributed by atoms with van der Waals surface area (Å²) in [5, 5.41) is 3.33. The van der Waals surface area contributed by atoms with Crippen molar-refractivity contribution in [3.8, 4) is 11.4 Å². The summed E-state index contributed by atoms with van der Waals surface area (Å²) in [6, 6.07) is 4.48. The Morgan fingerprint density at radius 3 is 2.67 bits per heavy atom. The molecule has 15 heteroatoms. The van der Waals surface area contributed by atoms with E-state index in [1.54, 1.807) is 26.8 Å². The summed E-state index contributed by atoms with van der Waals surface area (Å²) in [6.07, 6.45) is 1.40. The predicted octanol–water partition coefficient (Wildman–Crippen LogP) is 2.88. The zero-order valence-corrected chi connectivity index (χ0v) is 23.3. The van der Waals surface area contributed by atoms with Crippen LogP contribution in [0, 0.1) is 5.92 Å². The van der Waals surface area contributed by atoms with Crippen LogP contribution in [-0.2, 0) is 14.8 Å². The lowest BCUT2D eigenvalue weighted by molar-refractivity contribution is 0.0138. The molecule has 0 spiro atoms. The second-order valence-electron chi connectivity index (χ2n) is 11.1. The molecule has 5 rings (SSSR count). The Hall–Kier alpha value is -3.46. The van der Waals surface area contributed by atoms with Gasteiger partial charge >= 0.3 is 6.09 Å². The van der Waals surface area contributed by atoms with Crippen LogP contribution in [0.3, 0.4) is 0 Å². The lowest BCUT2D eigenvalue weighted by Gasteiger charge is -2.39. The number of imidazole rings is 1. The summed E-state index contributed by atoms with van der Waals surface area (Å²) < 4.78 is 61.4. The van der Waals surface area contributed by atoms with Gasteiger partial charge in [0.1, 0.15) is 34.4 Å². The average molecular weight is 579 g/mol. The van der Waals surface area contributed by atoms with Crippen LogP contribution in [0.5, 0.6) is 0 Å². The predicted molar refractivity (Wildman–Crippen MR) is 142 cm³/mol. The molecular formula is C25H32F2N8O4S. The molecule has 0 radical (unpaired) electrons. The van der Waals surface area contributed by atoms with E-state index < -0.39 is 33.4 Å². The van der Waals surface area contributed by atoms with Crippen LogP contribution in [0.1, 0.15) is 45.7 Å². The van der Waals surface area contributed by atoms with Crippen molar-refractivity contribution in [2.24, 2.45) is 5.92 Å². The van der Waals surface area contributed by atoms with Gasteiger partial charge in [0.2, 0.25) is 10.0 Å². The van der Waals surface area contributed by atoms with Gasteiger partial charge in [0, 0.05) is 38.8 Å². The number of carbonyl (C=O) groups is 1. The fraction of sp³-hybridized carbons (Fsp3) is 0.560. The lowest BCUT2D eigenvalue weighted by Crippen LogP contribution is -2.60. The van der Waals surface area contributed by atoms with Gasteiger partial charge in [-0.05, 0) is 51.7 Å². The van der Waals surface area contributed by atoms with E-state index in [1.807, 2.05) is 0 Å². The highest BCUT2D eigenvalue weighted by molar-refractivity contribution is 7.90. The molecule has 1 amide bonds. The number of amides is 1. The van der Waals surface area contributed by atoms with Crippen molar-refractivity contribution in [2.45, 2.75) is 50.9 Å². The van der Waals surface area contributed by atoms with Crippen molar-refractivity contribution in [1.29, 1.82) is 0 Å². The van der Waals surface area contributed by atoms with Crippen molar-refractivity contribution in [1.82, 2.24) is 34.2 Å². The number of anilines is 1. The van der Waals surface area contributed by atoms with Gasteiger partial charge in [-0.3, -0.25) is 0 Å². The molecule has 0 bridgehead atoms. The Morgan fingerprint density at radius 1 is 1.18 bits per heavy atom. The molecule has 40 heavy (non-hydrogen) atoms. The molecule has 2 aliphatic rings. The van der Waals surface area contributed by atoms with E-state index in [4.69, 9.17) is 4.74 Å². The summed E-state index contributed by atoms with van der Waals surface area (Å²) in [6.45, 7) is 7.06.